The minimum Gasteiger partial charge on any atom is -0.322 e. The molecule has 0 saturated carbocycles. The van der Waals surface area contributed by atoms with E-state index in [1.807, 2.05) is 35.3 Å². The van der Waals surface area contributed by atoms with Crippen LogP contribution in [0.5, 0.6) is 0 Å². The van der Waals surface area contributed by atoms with E-state index in [0.29, 0.717) is 16.8 Å². The average molecular weight is 485 g/mol. The first kappa shape index (κ1) is 24.5. The summed E-state index contributed by atoms with van der Waals surface area (Å²) in [5.41, 5.74) is 4.34. The van der Waals surface area contributed by atoms with Gasteiger partial charge in [0.05, 0.1) is 0 Å². The van der Waals surface area contributed by atoms with Crippen molar-refractivity contribution < 1.29 is 9.59 Å². The molecule has 2 aliphatic heterocycles. The minimum absolute atomic E-state index is 0.259. The number of hydrogen-bond donors (Lipinski definition) is 3. The normalized spacial score (nSPS) is 19.4. The molecule has 2 saturated heterocycles. The summed E-state index contributed by atoms with van der Waals surface area (Å²) in [6.45, 7) is 5.66. The number of hydrogen-bond acceptors (Lipinski definition) is 5. The predicted molar refractivity (Wildman–Crippen MR) is 135 cm³/mol. The number of rotatable bonds is 6. The fourth-order valence-electron chi connectivity index (χ4n) is 4.56. The van der Waals surface area contributed by atoms with Crippen molar-refractivity contribution in [2.24, 2.45) is 0 Å². The smallest absolute Gasteiger partial charge is 0.320 e. The lowest BCUT2D eigenvalue weighted by Crippen LogP contribution is -2.58. The number of carbonyl (C=O) groups excluding carboxylic acids is 2. The third-order valence-corrected chi connectivity index (χ3v) is 6.81. The van der Waals surface area contributed by atoms with Crippen LogP contribution >= 0.6 is 11.6 Å². The monoisotopic (exact) mass is 484 g/mol. The number of urea groups is 1. The highest BCUT2D eigenvalue weighted by Gasteiger charge is 2.29. The maximum absolute atomic E-state index is 13.2. The Hall–Kier alpha value is -2.65. The SMILES string of the molecule is CN1CCC(N2CCN(NC(=O)C(NC(=O)Nc3ccc(Cl)cc3)c3ccccc3)CC2)CC1. The Kier molecular flexibility index (Phi) is 8.39. The number of piperazine rings is 1. The standard InChI is InChI=1S/C25H33ClN6O2/c1-30-13-11-22(12-14-30)31-15-17-32(18-16-31)29-24(33)23(19-5-3-2-4-6-19)28-25(34)27-21-9-7-20(26)8-10-21/h2-10,22-23H,11-18H2,1H3,(H,29,33)(H2,27,28,34). The molecule has 2 aromatic rings. The van der Waals surface area contributed by atoms with Gasteiger partial charge in [0.1, 0.15) is 6.04 Å². The predicted octanol–water partition coefficient (Wildman–Crippen LogP) is 2.95. The van der Waals surface area contributed by atoms with Gasteiger partial charge < -0.3 is 15.5 Å². The number of nitrogens with zero attached hydrogens (tertiary/aromatic N) is 3. The van der Waals surface area contributed by atoms with Crippen LogP contribution in [-0.2, 0) is 4.79 Å². The first-order chi connectivity index (χ1) is 16.5. The zero-order valence-corrected chi connectivity index (χ0v) is 20.3. The van der Waals surface area contributed by atoms with Crippen LogP contribution in [0.25, 0.3) is 0 Å². The number of benzene rings is 2. The molecule has 3 N–H and O–H groups in total. The average Bonchev–Trinajstić information content (AvgIpc) is 2.85. The van der Waals surface area contributed by atoms with E-state index in [1.165, 1.54) is 12.8 Å². The van der Waals surface area contributed by atoms with Gasteiger partial charge in [-0.3, -0.25) is 15.1 Å². The van der Waals surface area contributed by atoms with Crippen molar-refractivity contribution in [3.63, 3.8) is 0 Å². The molecule has 0 spiro atoms. The maximum Gasteiger partial charge on any atom is 0.320 e. The summed E-state index contributed by atoms with van der Waals surface area (Å²) < 4.78 is 0. The highest BCUT2D eigenvalue weighted by molar-refractivity contribution is 6.30. The molecule has 1 atom stereocenters. The Morgan fingerprint density at radius 1 is 0.912 bits per heavy atom. The molecule has 3 amide bonds. The summed E-state index contributed by atoms with van der Waals surface area (Å²) in [4.78, 5) is 30.8. The summed E-state index contributed by atoms with van der Waals surface area (Å²) in [7, 11) is 2.18. The van der Waals surface area contributed by atoms with Gasteiger partial charge in [0, 0.05) is 42.9 Å². The first-order valence-corrected chi connectivity index (χ1v) is 12.2. The molecule has 34 heavy (non-hydrogen) atoms. The van der Waals surface area contributed by atoms with Gasteiger partial charge in [0.25, 0.3) is 5.91 Å². The Morgan fingerprint density at radius 2 is 1.56 bits per heavy atom. The molecule has 8 nitrogen and oxygen atoms in total. The Bertz CT molecular complexity index is 942. The summed E-state index contributed by atoms with van der Waals surface area (Å²) in [5, 5.41) is 8.12. The second-order valence-electron chi connectivity index (χ2n) is 8.98. The second-order valence-corrected chi connectivity index (χ2v) is 9.42. The van der Waals surface area contributed by atoms with Crippen LogP contribution in [-0.4, -0.2) is 79.1 Å². The number of halogens is 1. The molecule has 4 rings (SSSR count). The molecule has 0 aliphatic carbocycles. The minimum atomic E-state index is -0.819. The van der Waals surface area contributed by atoms with Gasteiger partial charge in [-0.2, -0.15) is 0 Å². The van der Waals surface area contributed by atoms with E-state index in [1.54, 1.807) is 24.3 Å². The van der Waals surface area contributed by atoms with Crippen molar-refractivity contribution in [3.05, 3.63) is 65.2 Å². The maximum atomic E-state index is 13.2. The molecule has 0 bridgehead atoms. The molecule has 2 heterocycles. The van der Waals surface area contributed by atoms with Gasteiger partial charge in [-0.25, -0.2) is 9.80 Å². The van der Waals surface area contributed by atoms with Crippen molar-refractivity contribution >= 4 is 29.2 Å². The number of likely N-dealkylation sites (tertiary alicyclic amines) is 1. The van der Waals surface area contributed by atoms with Gasteiger partial charge in [-0.05, 0) is 62.8 Å². The third kappa shape index (κ3) is 6.70. The van der Waals surface area contributed by atoms with Crippen LogP contribution in [0.4, 0.5) is 10.5 Å². The van der Waals surface area contributed by atoms with Gasteiger partial charge in [-0.15, -0.1) is 0 Å². The van der Waals surface area contributed by atoms with Crippen molar-refractivity contribution in [2.45, 2.75) is 24.9 Å². The van der Waals surface area contributed by atoms with Gasteiger partial charge in [0.2, 0.25) is 0 Å². The number of carbonyl (C=O) groups is 2. The van der Waals surface area contributed by atoms with Gasteiger partial charge in [-0.1, -0.05) is 41.9 Å². The molecule has 9 heteroatoms. The zero-order valence-electron chi connectivity index (χ0n) is 19.5. The Balaban J connectivity index is 1.33. The number of anilines is 1. The van der Waals surface area contributed by atoms with Crippen LogP contribution in [0.15, 0.2) is 54.6 Å². The highest BCUT2D eigenvalue weighted by atomic mass is 35.5. The van der Waals surface area contributed by atoms with Crippen molar-refractivity contribution in [2.75, 3.05) is 51.6 Å². The Labute approximate surface area is 206 Å². The van der Waals surface area contributed by atoms with Gasteiger partial charge >= 0.3 is 6.03 Å². The largest absolute Gasteiger partial charge is 0.322 e. The molecular weight excluding hydrogens is 452 g/mol. The van der Waals surface area contributed by atoms with E-state index in [0.717, 1.165) is 44.8 Å². The number of hydrazine groups is 1. The highest BCUT2D eigenvalue weighted by Crippen LogP contribution is 2.18. The number of piperidine rings is 1. The van der Waals surface area contributed by atoms with Crippen LogP contribution < -0.4 is 16.1 Å². The fourth-order valence-corrected chi connectivity index (χ4v) is 4.68. The molecule has 0 radical (unpaired) electrons. The molecular formula is C25H33ClN6O2. The van der Waals surface area contributed by atoms with Crippen molar-refractivity contribution in [1.29, 1.82) is 0 Å². The fraction of sp³-hybridized carbons (Fsp3) is 0.440. The lowest BCUT2D eigenvalue weighted by molar-refractivity contribution is -0.129. The molecule has 2 aromatic carbocycles. The topological polar surface area (TPSA) is 80.0 Å². The van der Waals surface area contributed by atoms with Crippen LogP contribution in [0.3, 0.4) is 0 Å². The molecule has 182 valence electrons. The van der Waals surface area contributed by atoms with E-state index in [-0.39, 0.29) is 5.91 Å². The number of nitrogens with one attached hydrogen (secondary N) is 3. The van der Waals surface area contributed by atoms with Crippen LogP contribution in [0.2, 0.25) is 5.02 Å². The lowest BCUT2D eigenvalue weighted by Gasteiger charge is -2.42. The summed E-state index contributed by atoms with van der Waals surface area (Å²) in [6.07, 6.45) is 2.40. The van der Waals surface area contributed by atoms with Crippen molar-refractivity contribution in [3.8, 4) is 0 Å². The van der Waals surface area contributed by atoms with E-state index in [2.05, 4.69) is 32.9 Å². The van der Waals surface area contributed by atoms with Crippen molar-refractivity contribution in [1.82, 2.24) is 25.6 Å². The second kappa shape index (κ2) is 11.7. The van der Waals surface area contributed by atoms with E-state index < -0.39 is 12.1 Å². The molecule has 2 fully saturated rings. The molecule has 2 aliphatic rings. The third-order valence-electron chi connectivity index (χ3n) is 6.56. The summed E-state index contributed by atoms with van der Waals surface area (Å²) in [6, 6.07) is 15.4. The van der Waals surface area contributed by atoms with E-state index >= 15 is 0 Å². The molecule has 0 aromatic heterocycles. The zero-order chi connectivity index (χ0) is 23.9. The van der Waals surface area contributed by atoms with E-state index in [9.17, 15) is 9.59 Å². The van der Waals surface area contributed by atoms with Crippen LogP contribution in [0, 0.1) is 0 Å². The molecule has 1 unspecified atom stereocenters. The number of amides is 3. The lowest BCUT2D eigenvalue weighted by atomic mass is 10.0. The quantitative estimate of drug-likeness (QED) is 0.587. The Morgan fingerprint density at radius 3 is 2.21 bits per heavy atom. The van der Waals surface area contributed by atoms with Crippen LogP contribution in [0.1, 0.15) is 24.4 Å². The van der Waals surface area contributed by atoms with Gasteiger partial charge in [0.15, 0.2) is 0 Å². The summed E-state index contributed by atoms with van der Waals surface area (Å²) >= 11 is 5.91. The summed E-state index contributed by atoms with van der Waals surface area (Å²) in [5.74, 6) is -0.259. The van der Waals surface area contributed by atoms with E-state index in [4.69, 9.17) is 11.6 Å². The first-order valence-electron chi connectivity index (χ1n) is 11.8.